The van der Waals surface area contributed by atoms with Crippen molar-refractivity contribution in [1.29, 1.82) is 0 Å². The van der Waals surface area contributed by atoms with E-state index in [2.05, 4.69) is 35.8 Å². The van der Waals surface area contributed by atoms with E-state index in [0.717, 1.165) is 24.2 Å². The molecule has 2 aromatic rings. The zero-order valence-corrected chi connectivity index (χ0v) is 11.3. The maximum atomic E-state index is 5.79. The van der Waals surface area contributed by atoms with Crippen LogP contribution in [0, 0.1) is 0 Å². The van der Waals surface area contributed by atoms with Gasteiger partial charge in [0.1, 0.15) is 5.75 Å². The van der Waals surface area contributed by atoms with Gasteiger partial charge in [0, 0.05) is 18.1 Å². The minimum Gasteiger partial charge on any atom is -0.496 e. The second-order valence-electron chi connectivity index (χ2n) is 4.71. The Morgan fingerprint density at radius 1 is 1.33 bits per heavy atom. The van der Waals surface area contributed by atoms with Crippen LogP contribution >= 0.6 is 0 Å². The van der Waals surface area contributed by atoms with Crippen molar-refractivity contribution in [2.75, 3.05) is 27.7 Å². The van der Waals surface area contributed by atoms with Crippen LogP contribution in [0.4, 0.5) is 0 Å². The van der Waals surface area contributed by atoms with E-state index in [1.807, 2.05) is 12.1 Å². The van der Waals surface area contributed by atoms with Crippen LogP contribution < -0.4 is 10.5 Å². The fourth-order valence-corrected chi connectivity index (χ4v) is 2.26. The van der Waals surface area contributed by atoms with Crippen LogP contribution in [0.15, 0.2) is 24.4 Å². The lowest BCUT2D eigenvalue weighted by atomic mass is 10.1. The lowest BCUT2D eigenvalue weighted by Crippen LogP contribution is -2.15. The fourth-order valence-electron chi connectivity index (χ4n) is 2.26. The fraction of sp³-hybridized carbons (Fsp3) is 0.429. The SMILES string of the molecule is COc1cccc2c1c(CCN(C)C)cn2CN. The van der Waals surface area contributed by atoms with Crippen LogP contribution in [-0.2, 0) is 13.1 Å². The highest BCUT2D eigenvalue weighted by Crippen LogP contribution is 2.30. The van der Waals surface area contributed by atoms with Crippen molar-refractivity contribution in [2.24, 2.45) is 5.73 Å². The minimum absolute atomic E-state index is 0.492. The molecule has 0 amide bonds. The predicted molar refractivity (Wildman–Crippen MR) is 74.9 cm³/mol. The molecule has 4 heteroatoms. The van der Waals surface area contributed by atoms with Crippen molar-refractivity contribution in [3.8, 4) is 5.75 Å². The first kappa shape index (κ1) is 12.9. The van der Waals surface area contributed by atoms with Crippen molar-refractivity contribution in [2.45, 2.75) is 13.1 Å². The minimum atomic E-state index is 0.492. The summed E-state index contributed by atoms with van der Waals surface area (Å²) in [5.74, 6) is 0.924. The first-order valence-corrected chi connectivity index (χ1v) is 6.17. The second-order valence-corrected chi connectivity index (χ2v) is 4.71. The molecule has 0 aliphatic rings. The number of methoxy groups -OCH3 is 1. The van der Waals surface area contributed by atoms with Crippen molar-refractivity contribution in [3.05, 3.63) is 30.0 Å². The monoisotopic (exact) mass is 247 g/mol. The van der Waals surface area contributed by atoms with Gasteiger partial charge in [-0.2, -0.15) is 0 Å². The number of fused-ring (bicyclic) bond motifs is 1. The summed E-state index contributed by atoms with van der Waals surface area (Å²) in [6.07, 6.45) is 3.13. The van der Waals surface area contributed by atoms with E-state index in [9.17, 15) is 0 Å². The molecule has 0 atom stereocenters. The largest absolute Gasteiger partial charge is 0.496 e. The molecule has 0 unspecified atom stereocenters. The van der Waals surface area contributed by atoms with Gasteiger partial charge in [-0.3, -0.25) is 0 Å². The van der Waals surface area contributed by atoms with Gasteiger partial charge in [0.2, 0.25) is 0 Å². The molecule has 1 aromatic heterocycles. The number of ether oxygens (including phenoxy) is 1. The molecule has 0 saturated heterocycles. The maximum absolute atomic E-state index is 5.79. The van der Waals surface area contributed by atoms with E-state index in [0.29, 0.717) is 6.67 Å². The molecule has 0 saturated carbocycles. The van der Waals surface area contributed by atoms with Crippen molar-refractivity contribution in [3.63, 3.8) is 0 Å². The first-order valence-electron chi connectivity index (χ1n) is 6.17. The summed E-state index contributed by atoms with van der Waals surface area (Å²) in [4.78, 5) is 2.18. The number of rotatable bonds is 5. The lowest BCUT2D eigenvalue weighted by molar-refractivity contribution is 0.411. The van der Waals surface area contributed by atoms with Crippen LogP contribution in [0.5, 0.6) is 5.75 Å². The number of benzene rings is 1. The van der Waals surface area contributed by atoms with E-state index in [1.165, 1.54) is 10.9 Å². The van der Waals surface area contributed by atoms with E-state index >= 15 is 0 Å². The van der Waals surface area contributed by atoms with Gasteiger partial charge >= 0.3 is 0 Å². The molecule has 18 heavy (non-hydrogen) atoms. The first-order chi connectivity index (χ1) is 8.67. The van der Waals surface area contributed by atoms with Gasteiger partial charge < -0.3 is 19.9 Å². The van der Waals surface area contributed by atoms with Crippen molar-refractivity contribution >= 4 is 10.9 Å². The highest BCUT2D eigenvalue weighted by molar-refractivity contribution is 5.90. The Morgan fingerprint density at radius 3 is 2.72 bits per heavy atom. The number of likely N-dealkylation sites (N-methyl/N-ethyl adjacent to an activating group) is 1. The maximum Gasteiger partial charge on any atom is 0.128 e. The molecule has 2 N–H and O–H groups in total. The molecule has 1 heterocycles. The summed E-state index contributed by atoms with van der Waals surface area (Å²) in [6.45, 7) is 1.51. The van der Waals surface area contributed by atoms with Gasteiger partial charge in [-0.25, -0.2) is 0 Å². The molecule has 0 aliphatic heterocycles. The van der Waals surface area contributed by atoms with Crippen molar-refractivity contribution in [1.82, 2.24) is 9.47 Å². The predicted octanol–water partition coefficient (Wildman–Crippen LogP) is 1.67. The summed E-state index contributed by atoms with van der Waals surface area (Å²) >= 11 is 0. The second kappa shape index (κ2) is 5.42. The molecule has 4 nitrogen and oxygen atoms in total. The summed E-state index contributed by atoms with van der Waals surface area (Å²) in [6, 6.07) is 6.09. The standard InChI is InChI=1S/C14H21N3O/c1-16(2)8-7-11-9-17(10-15)12-5-4-6-13(18-3)14(11)12/h4-6,9H,7-8,10,15H2,1-3H3. The number of nitrogens with two attached hydrogens (primary N) is 1. The number of aromatic nitrogens is 1. The average molecular weight is 247 g/mol. The van der Waals surface area contributed by atoms with Crippen LogP contribution in [0.25, 0.3) is 10.9 Å². The Hall–Kier alpha value is -1.52. The number of hydrogen-bond donors (Lipinski definition) is 1. The van der Waals surface area contributed by atoms with Crippen LogP contribution in [0.3, 0.4) is 0 Å². The van der Waals surface area contributed by atoms with Crippen LogP contribution in [0.2, 0.25) is 0 Å². The highest BCUT2D eigenvalue weighted by Gasteiger charge is 2.12. The molecule has 0 bridgehead atoms. The highest BCUT2D eigenvalue weighted by atomic mass is 16.5. The Labute approximate surface area is 108 Å². The van der Waals surface area contributed by atoms with Gasteiger partial charge in [-0.05, 0) is 38.2 Å². The summed E-state index contributed by atoms with van der Waals surface area (Å²) < 4.78 is 7.54. The van der Waals surface area contributed by atoms with Crippen LogP contribution in [-0.4, -0.2) is 37.2 Å². The molecule has 0 spiro atoms. The molecule has 98 valence electrons. The zero-order valence-electron chi connectivity index (χ0n) is 11.3. The Balaban J connectivity index is 2.50. The smallest absolute Gasteiger partial charge is 0.128 e. The normalized spacial score (nSPS) is 11.4. The molecular weight excluding hydrogens is 226 g/mol. The van der Waals surface area contributed by atoms with Gasteiger partial charge in [0.15, 0.2) is 0 Å². The molecule has 0 aliphatic carbocycles. The van der Waals surface area contributed by atoms with Crippen molar-refractivity contribution < 1.29 is 4.74 Å². The Bertz CT molecular complexity index is 531. The third-order valence-electron chi connectivity index (χ3n) is 3.19. The van der Waals surface area contributed by atoms with E-state index in [1.54, 1.807) is 7.11 Å². The Morgan fingerprint density at radius 2 is 2.11 bits per heavy atom. The lowest BCUT2D eigenvalue weighted by Gasteiger charge is -2.09. The Kier molecular flexibility index (Phi) is 3.89. The number of nitrogens with zero attached hydrogens (tertiary/aromatic N) is 2. The van der Waals surface area contributed by atoms with Gasteiger partial charge in [-0.1, -0.05) is 6.07 Å². The van der Waals surface area contributed by atoms with E-state index in [4.69, 9.17) is 10.5 Å². The third-order valence-corrected chi connectivity index (χ3v) is 3.19. The van der Waals surface area contributed by atoms with E-state index in [-0.39, 0.29) is 0 Å². The summed E-state index contributed by atoms with van der Waals surface area (Å²) in [7, 11) is 5.88. The molecular formula is C14H21N3O. The topological polar surface area (TPSA) is 43.4 Å². The van der Waals surface area contributed by atoms with Gasteiger partial charge in [0.05, 0.1) is 19.3 Å². The summed E-state index contributed by atoms with van der Waals surface area (Å²) in [5, 5.41) is 1.19. The van der Waals surface area contributed by atoms with Gasteiger partial charge in [-0.15, -0.1) is 0 Å². The van der Waals surface area contributed by atoms with Crippen LogP contribution in [0.1, 0.15) is 5.56 Å². The average Bonchev–Trinajstić information content (AvgIpc) is 2.74. The number of hydrogen-bond acceptors (Lipinski definition) is 3. The molecule has 0 fully saturated rings. The molecule has 1 aromatic carbocycles. The molecule has 0 radical (unpaired) electrons. The molecule has 2 rings (SSSR count). The summed E-state index contributed by atoms with van der Waals surface area (Å²) in [5.41, 5.74) is 8.23. The van der Waals surface area contributed by atoms with E-state index < -0.39 is 0 Å². The third kappa shape index (κ3) is 2.35. The quantitative estimate of drug-likeness (QED) is 0.874. The van der Waals surface area contributed by atoms with Gasteiger partial charge in [0.25, 0.3) is 0 Å². The zero-order chi connectivity index (χ0) is 13.1.